The first-order valence-electron chi connectivity index (χ1n) is 14.2. The molecule has 0 spiro atoms. The molecule has 6 aromatic rings. The molecule has 0 amide bonds. The highest BCUT2D eigenvalue weighted by molar-refractivity contribution is 7.95. The van der Waals surface area contributed by atoms with E-state index < -0.39 is 42.4 Å². The number of nitrogen functional groups attached to an aromatic ring is 1. The monoisotopic (exact) mass is 782 g/mol. The topological polar surface area (TPSA) is 274 Å². The van der Waals surface area contributed by atoms with E-state index in [9.17, 15) is 46.2 Å². The van der Waals surface area contributed by atoms with Gasteiger partial charge >= 0.3 is 0 Å². The average molecular weight is 783 g/mol. The van der Waals surface area contributed by atoms with Crippen LogP contribution < -0.4 is 41.4 Å². The first kappa shape index (κ1) is 38.5. The number of nitrogens with two attached hydrogens (primary N) is 1. The fourth-order valence-corrected chi connectivity index (χ4v) is 9.05. The predicted octanol–water partition coefficient (Wildman–Crippen LogP) is 2.28. The summed E-state index contributed by atoms with van der Waals surface area (Å²) in [6.07, 6.45) is 0. The van der Waals surface area contributed by atoms with Crippen LogP contribution in [0.2, 0.25) is 0 Å². The molecule has 4 aromatic heterocycles. The molecule has 0 aliphatic rings. The second-order valence-corrected chi connectivity index (χ2v) is 16.9. The van der Waals surface area contributed by atoms with Gasteiger partial charge in [0.05, 0.1) is 17.1 Å². The third-order valence-electron chi connectivity index (χ3n) is 7.42. The number of rotatable bonds is 8. The van der Waals surface area contributed by atoms with Crippen molar-refractivity contribution in [2.75, 3.05) is 33.8 Å². The molecule has 0 aliphatic carbocycles. The molecule has 5 N–H and O–H groups in total. The van der Waals surface area contributed by atoms with Crippen LogP contribution in [0.4, 0.5) is 28.7 Å². The van der Waals surface area contributed by atoms with Crippen LogP contribution in [0.25, 0.3) is 0 Å². The highest BCUT2D eigenvalue weighted by atomic mass is 32.3. The smallest absolute Gasteiger partial charge is 0.278 e. The summed E-state index contributed by atoms with van der Waals surface area (Å²) in [6.45, 7) is 8.07. The lowest BCUT2D eigenvalue weighted by atomic mass is 10.1. The standard InChI is InChI=1S/C14H13N3O6S2.C9H11N3O4S2.C6H6O2/c1-6-4-9(16-23-6)17(3)25(21,22)14-12(19)8(5-24-14)15-10-7(2)11(18)13(10)20;1-5-3-7(11-16-5)12(2)18(14,15)9-8(13)6(10)4-17-9;1-3-4(2)6(8)5(3)7/h4-5,15,19H,1-3H3;3-4,13H,10H2,1-2H3;1-2H3. The second kappa shape index (κ2) is 14.1. The van der Waals surface area contributed by atoms with Crippen molar-refractivity contribution >= 4 is 71.4 Å². The Morgan fingerprint density at radius 1 is 0.686 bits per heavy atom. The van der Waals surface area contributed by atoms with Crippen LogP contribution in [0.3, 0.4) is 0 Å². The fraction of sp³-hybridized carbons (Fsp3) is 0.241. The third-order valence-corrected chi connectivity index (χ3v) is 13.9. The Bertz CT molecular complexity index is 2580. The van der Waals surface area contributed by atoms with Gasteiger partial charge in [0.2, 0.25) is 21.7 Å². The zero-order valence-corrected chi connectivity index (χ0v) is 31.1. The Balaban J connectivity index is 0.000000194. The third kappa shape index (κ3) is 7.15. The SMILES string of the molecule is Cc1c(C)c(=O)c1=O.Cc1cc(N(C)S(=O)(=O)c2scc(N)c2O)no1.Cc1cc(N(C)S(=O)(=O)c2scc(Nc3c(C)c(=O)c3=O)c2O)no1. The Morgan fingerprint density at radius 3 is 1.45 bits per heavy atom. The van der Waals surface area contributed by atoms with Crippen LogP contribution in [0.15, 0.2) is 59.5 Å². The molecular formula is C29H30N6O12S4. The molecule has 0 fully saturated rings. The minimum absolute atomic E-state index is 0.0308. The van der Waals surface area contributed by atoms with Gasteiger partial charge < -0.3 is 30.3 Å². The van der Waals surface area contributed by atoms with Crippen LogP contribution in [0, 0.1) is 34.6 Å². The molecule has 0 saturated carbocycles. The molecule has 2 aromatic carbocycles. The minimum Gasteiger partial charge on any atom is -0.504 e. The summed E-state index contributed by atoms with van der Waals surface area (Å²) >= 11 is 1.62. The van der Waals surface area contributed by atoms with Crippen molar-refractivity contribution < 1.29 is 36.1 Å². The van der Waals surface area contributed by atoms with Crippen LogP contribution in [0.5, 0.6) is 11.5 Å². The number of sulfonamides is 2. The van der Waals surface area contributed by atoms with Crippen LogP contribution in [-0.4, -0.2) is 51.5 Å². The summed E-state index contributed by atoms with van der Waals surface area (Å²) in [5, 5.41) is 32.4. The number of anilines is 5. The van der Waals surface area contributed by atoms with Crippen molar-refractivity contribution in [1.82, 2.24) is 10.3 Å². The van der Waals surface area contributed by atoms with Gasteiger partial charge in [0.25, 0.3) is 20.0 Å². The molecule has 0 radical (unpaired) electrons. The van der Waals surface area contributed by atoms with E-state index in [1.165, 1.54) is 43.9 Å². The van der Waals surface area contributed by atoms with Gasteiger partial charge in [-0.3, -0.25) is 19.2 Å². The minimum atomic E-state index is -4.08. The lowest BCUT2D eigenvalue weighted by molar-refractivity contribution is 0.398. The van der Waals surface area contributed by atoms with E-state index in [1.807, 2.05) is 0 Å². The van der Waals surface area contributed by atoms with Gasteiger partial charge in [-0.15, -0.1) is 22.7 Å². The Morgan fingerprint density at radius 2 is 1.10 bits per heavy atom. The maximum atomic E-state index is 12.7. The van der Waals surface area contributed by atoms with Crippen molar-refractivity contribution in [1.29, 1.82) is 0 Å². The average Bonchev–Trinajstić information content (AvgIpc) is 3.90. The normalized spacial score (nSPS) is 11.5. The number of hydrogen-bond donors (Lipinski definition) is 4. The molecule has 0 unspecified atom stereocenters. The molecule has 6 rings (SSSR count). The van der Waals surface area contributed by atoms with E-state index >= 15 is 0 Å². The summed E-state index contributed by atoms with van der Waals surface area (Å²) in [4.78, 5) is 43.5. The fourth-order valence-electron chi connectivity index (χ4n) is 4.04. The molecule has 22 heteroatoms. The largest absolute Gasteiger partial charge is 0.504 e. The molecule has 272 valence electrons. The zero-order chi connectivity index (χ0) is 38.3. The van der Waals surface area contributed by atoms with Gasteiger partial charge in [-0.1, -0.05) is 10.3 Å². The Labute approximate surface area is 297 Å². The van der Waals surface area contributed by atoms with Crippen molar-refractivity contribution in [3.8, 4) is 11.5 Å². The van der Waals surface area contributed by atoms with Crippen molar-refractivity contribution in [2.45, 2.75) is 43.0 Å². The molecule has 0 aliphatic heterocycles. The zero-order valence-electron chi connectivity index (χ0n) is 27.8. The summed E-state index contributed by atoms with van der Waals surface area (Å²) < 4.78 is 60.7. The predicted molar refractivity (Wildman–Crippen MR) is 190 cm³/mol. The van der Waals surface area contributed by atoms with Crippen molar-refractivity contribution in [3.05, 3.63) is 92.0 Å². The van der Waals surface area contributed by atoms with Crippen LogP contribution >= 0.6 is 22.7 Å². The van der Waals surface area contributed by atoms with Gasteiger partial charge in [-0.05, 0) is 34.6 Å². The van der Waals surface area contributed by atoms with E-state index in [-0.39, 0.29) is 53.5 Å². The van der Waals surface area contributed by atoms with Crippen molar-refractivity contribution in [3.63, 3.8) is 0 Å². The quantitative estimate of drug-likeness (QED) is 0.161. The first-order valence-corrected chi connectivity index (χ1v) is 18.8. The lowest BCUT2D eigenvalue weighted by Gasteiger charge is -2.15. The Hall–Kier alpha value is -5.32. The molecular weight excluding hydrogens is 753 g/mol. The van der Waals surface area contributed by atoms with E-state index in [1.54, 1.807) is 27.7 Å². The lowest BCUT2D eigenvalue weighted by Crippen LogP contribution is -2.36. The molecule has 0 saturated heterocycles. The Kier molecular flexibility index (Phi) is 10.7. The number of nitrogens with zero attached hydrogens (tertiary/aromatic N) is 4. The number of nitrogens with one attached hydrogen (secondary N) is 1. The van der Waals surface area contributed by atoms with Crippen LogP contribution in [-0.2, 0) is 20.0 Å². The summed E-state index contributed by atoms with van der Waals surface area (Å²) in [6, 6.07) is 2.92. The molecule has 4 heterocycles. The van der Waals surface area contributed by atoms with E-state index in [2.05, 4.69) is 15.6 Å². The van der Waals surface area contributed by atoms with E-state index in [4.69, 9.17) is 14.8 Å². The number of aromatic nitrogens is 2. The second-order valence-electron chi connectivity index (χ2n) is 10.8. The highest BCUT2D eigenvalue weighted by Crippen LogP contribution is 2.41. The molecule has 0 atom stereocenters. The maximum Gasteiger partial charge on any atom is 0.278 e. The molecule has 51 heavy (non-hydrogen) atoms. The number of hydrogen-bond acceptors (Lipinski definition) is 18. The van der Waals surface area contributed by atoms with Crippen molar-refractivity contribution in [2.24, 2.45) is 0 Å². The van der Waals surface area contributed by atoms with E-state index in [0.29, 0.717) is 22.6 Å². The van der Waals surface area contributed by atoms with Gasteiger partial charge in [-0.25, -0.2) is 8.61 Å². The van der Waals surface area contributed by atoms with Gasteiger partial charge in [0.1, 0.15) is 11.5 Å². The summed E-state index contributed by atoms with van der Waals surface area (Å²) in [5.74, 6) is 0.154. The van der Waals surface area contributed by atoms with Crippen LogP contribution in [0.1, 0.15) is 28.2 Å². The molecule has 0 bridgehead atoms. The first-order chi connectivity index (χ1) is 23.6. The number of aryl methyl sites for hydroxylation is 2. The summed E-state index contributed by atoms with van der Waals surface area (Å²) in [7, 11) is -5.37. The molecule has 18 nitrogen and oxygen atoms in total. The highest BCUT2D eigenvalue weighted by Gasteiger charge is 2.31. The number of thiophene rings is 2. The van der Waals surface area contributed by atoms with E-state index in [0.717, 1.165) is 31.3 Å². The van der Waals surface area contributed by atoms with Gasteiger partial charge in [-0.2, -0.15) is 16.8 Å². The maximum absolute atomic E-state index is 12.7. The van der Waals surface area contributed by atoms with Gasteiger partial charge in [0, 0.05) is 53.7 Å². The summed E-state index contributed by atoms with van der Waals surface area (Å²) in [5.41, 5.74) is 5.06. The van der Waals surface area contributed by atoms with Gasteiger partial charge in [0.15, 0.2) is 31.6 Å². The number of aromatic hydroxyl groups is 2.